The zero-order valence-electron chi connectivity index (χ0n) is 8.21. The van der Waals surface area contributed by atoms with Gasteiger partial charge in [0.05, 0.1) is 6.54 Å². The first kappa shape index (κ1) is 13.0. The third kappa shape index (κ3) is 3.24. The molecule has 84 valence electrons. The topological polar surface area (TPSA) is 49.3 Å². The fourth-order valence-corrected chi connectivity index (χ4v) is 1.88. The fourth-order valence-electron chi connectivity index (χ4n) is 1.23. The maximum atomic E-state index is 11.1. The van der Waals surface area contributed by atoms with Gasteiger partial charge < -0.3 is 5.11 Å². The molecular formula is C11H9BrClNO2. The minimum atomic E-state index is -1.00. The third-order valence-corrected chi connectivity index (χ3v) is 2.88. The van der Waals surface area contributed by atoms with Crippen molar-refractivity contribution in [1.82, 2.24) is 5.32 Å². The predicted molar refractivity (Wildman–Crippen MR) is 66.4 cm³/mol. The van der Waals surface area contributed by atoms with Gasteiger partial charge in [-0.15, -0.1) is 6.42 Å². The highest BCUT2D eigenvalue weighted by Gasteiger charge is 2.21. The first-order chi connectivity index (χ1) is 7.56. The van der Waals surface area contributed by atoms with E-state index >= 15 is 0 Å². The molecule has 0 bridgehead atoms. The number of carbonyl (C=O) groups is 1. The second-order valence-corrected chi connectivity index (χ2v) is 4.31. The van der Waals surface area contributed by atoms with Gasteiger partial charge in [0.1, 0.15) is 6.04 Å². The van der Waals surface area contributed by atoms with Crippen LogP contribution in [0.15, 0.2) is 22.7 Å². The molecule has 5 heteroatoms. The van der Waals surface area contributed by atoms with E-state index in [4.69, 9.17) is 23.1 Å². The van der Waals surface area contributed by atoms with E-state index in [1.165, 1.54) is 0 Å². The summed E-state index contributed by atoms with van der Waals surface area (Å²) in [6, 6.07) is 4.10. The van der Waals surface area contributed by atoms with Gasteiger partial charge in [0, 0.05) is 9.50 Å². The number of hydrogen-bond donors (Lipinski definition) is 2. The van der Waals surface area contributed by atoms with E-state index in [0.717, 1.165) is 0 Å². The molecule has 0 saturated heterocycles. The molecular weight excluding hydrogens is 293 g/mol. The summed E-state index contributed by atoms with van der Waals surface area (Å²) in [5.41, 5.74) is 0.551. The number of halogens is 2. The van der Waals surface area contributed by atoms with Crippen LogP contribution in [-0.2, 0) is 4.79 Å². The van der Waals surface area contributed by atoms with E-state index in [-0.39, 0.29) is 6.54 Å². The summed E-state index contributed by atoms with van der Waals surface area (Å²) in [5, 5.41) is 12.3. The van der Waals surface area contributed by atoms with Crippen molar-refractivity contribution in [3.05, 3.63) is 33.3 Å². The van der Waals surface area contributed by atoms with Crippen LogP contribution >= 0.6 is 27.5 Å². The smallest absolute Gasteiger partial charge is 0.325 e. The molecule has 0 amide bonds. The Morgan fingerprint density at radius 3 is 2.94 bits per heavy atom. The summed E-state index contributed by atoms with van der Waals surface area (Å²) in [7, 11) is 0. The Morgan fingerprint density at radius 1 is 1.69 bits per heavy atom. The van der Waals surface area contributed by atoms with Crippen molar-refractivity contribution in [3.63, 3.8) is 0 Å². The van der Waals surface area contributed by atoms with Crippen LogP contribution < -0.4 is 5.32 Å². The largest absolute Gasteiger partial charge is 0.480 e. The quantitative estimate of drug-likeness (QED) is 0.840. The zero-order valence-corrected chi connectivity index (χ0v) is 10.5. The molecule has 0 aromatic heterocycles. The Balaban J connectivity index is 3.06. The van der Waals surface area contributed by atoms with Gasteiger partial charge in [-0.2, -0.15) is 0 Å². The molecule has 0 heterocycles. The molecule has 0 radical (unpaired) electrons. The molecule has 0 aliphatic carbocycles. The molecule has 1 aromatic rings. The van der Waals surface area contributed by atoms with Gasteiger partial charge in [0.2, 0.25) is 0 Å². The molecule has 2 N–H and O–H groups in total. The SMILES string of the molecule is C#CCNC(C(=O)O)c1cc(Cl)ccc1Br. The van der Waals surface area contributed by atoms with Crippen LogP contribution in [0.3, 0.4) is 0 Å². The standard InChI is InChI=1S/C11H9BrClNO2/c1-2-5-14-10(11(15)16)8-6-7(13)3-4-9(8)12/h1,3-4,6,10,14H,5H2,(H,15,16). The maximum absolute atomic E-state index is 11.1. The average Bonchev–Trinajstić information content (AvgIpc) is 2.23. The van der Waals surface area contributed by atoms with Crippen LogP contribution in [0.1, 0.15) is 11.6 Å². The first-order valence-electron chi connectivity index (χ1n) is 4.41. The van der Waals surface area contributed by atoms with Crippen molar-refractivity contribution < 1.29 is 9.90 Å². The number of aliphatic carboxylic acids is 1. The molecule has 0 spiro atoms. The van der Waals surface area contributed by atoms with Gasteiger partial charge in [-0.25, -0.2) is 0 Å². The molecule has 0 aliphatic heterocycles. The molecule has 1 rings (SSSR count). The monoisotopic (exact) mass is 301 g/mol. The Morgan fingerprint density at radius 2 is 2.38 bits per heavy atom. The number of benzene rings is 1. The summed E-state index contributed by atoms with van der Waals surface area (Å²) in [4.78, 5) is 11.1. The second kappa shape index (κ2) is 5.90. The Bertz CT molecular complexity index is 442. The van der Waals surface area contributed by atoms with Crippen molar-refractivity contribution in [2.75, 3.05) is 6.54 Å². The van der Waals surface area contributed by atoms with E-state index in [1.807, 2.05) is 0 Å². The highest BCUT2D eigenvalue weighted by Crippen LogP contribution is 2.26. The second-order valence-electron chi connectivity index (χ2n) is 3.02. The highest BCUT2D eigenvalue weighted by atomic mass is 79.9. The molecule has 3 nitrogen and oxygen atoms in total. The van der Waals surface area contributed by atoms with Gasteiger partial charge in [-0.3, -0.25) is 10.1 Å². The van der Waals surface area contributed by atoms with E-state index in [9.17, 15) is 4.79 Å². The molecule has 1 unspecified atom stereocenters. The number of carboxylic acid groups (broad SMARTS) is 1. The molecule has 0 saturated carbocycles. The average molecular weight is 303 g/mol. The van der Waals surface area contributed by atoms with Crippen LogP contribution in [-0.4, -0.2) is 17.6 Å². The normalized spacial score (nSPS) is 11.8. The van der Waals surface area contributed by atoms with Crippen LogP contribution in [0.25, 0.3) is 0 Å². The van der Waals surface area contributed by atoms with Crippen molar-refractivity contribution in [3.8, 4) is 12.3 Å². The number of terminal acetylenes is 1. The Kier molecular flexibility index (Phi) is 4.81. The van der Waals surface area contributed by atoms with E-state index in [1.54, 1.807) is 18.2 Å². The van der Waals surface area contributed by atoms with Crippen molar-refractivity contribution >= 4 is 33.5 Å². The minimum absolute atomic E-state index is 0.177. The lowest BCUT2D eigenvalue weighted by Crippen LogP contribution is -2.29. The van der Waals surface area contributed by atoms with Crippen LogP contribution in [0, 0.1) is 12.3 Å². The summed E-state index contributed by atoms with van der Waals surface area (Å²) in [6.45, 7) is 0.177. The lowest BCUT2D eigenvalue weighted by atomic mass is 10.1. The zero-order chi connectivity index (χ0) is 12.1. The van der Waals surface area contributed by atoms with Crippen molar-refractivity contribution in [1.29, 1.82) is 0 Å². The summed E-state index contributed by atoms with van der Waals surface area (Å²) in [5.74, 6) is 1.33. The van der Waals surface area contributed by atoms with Gasteiger partial charge in [-0.05, 0) is 23.8 Å². The Hall–Kier alpha value is -1.02. The molecule has 1 atom stereocenters. The van der Waals surface area contributed by atoms with Crippen LogP contribution in [0.4, 0.5) is 0 Å². The van der Waals surface area contributed by atoms with Crippen LogP contribution in [0.5, 0.6) is 0 Å². The Labute approximate surface area is 107 Å². The fraction of sp³-hybridized carbons (Fsp3) is 0.182. The summed E-state index contributed by atoms with van der Waals surface area (Å²) < 4.78 is 0.675. The van der Waals surface area contributed by atoms with E-state index in [2.05, 4.69) is 27.2 Å². The van der Waals surface area contributed by atoms with E-state index < -0.39 is 12.0 Å². The van der Waals surface area contributed by atoms with E-state index in [0.29, 0.717) is 15.1 Å². The number of rotatable bonds is 4. The summed E-state index contributed by atoms with van der Waals surface area (Å²) in [6.07, 6.45) is 5.08. The number of nitrogens with one attached hydrogen (secondary N) is 1. The van der Waals surface area contributed by atoms with Gasteiger partial charge in [-0.1, -0.05) is 33.5 Å². The number of carboxylic acids is 1. The van der Waals surface area contributed by atoms with Gasteiger partial charge >= 0.3 is 5.97 Å². The van der Waals surface area contributed by atoms with Gasteiger partial charge in [0.15, 0.2) is 0 Å². The first-order valence-corrected chi connectivity index (χ1v) is 5.58. The lowest BCUT2D eigenvalue weighted by Gasteiger charge is -2.15. The van der Waals surface area contributed by atoms with Crippen LogP contribution in [0.2, 0.25) is 5.02 Å². The van der Waals surface area contributed by atoms with Crippen molar-refractivity contribution in [2.24, 2.45) is 0 Å². The summed E-state index contributed by atoms with van der Waals surface area (Å²) >= 11 is 9.10. The number of hydrogen-bond acceptors (Lipinski definition) is 2. The lowest BCUT2D eigenvalue weighted by molar-refractivity contribution is -0.139. The maximum Gasteiger partial charge on any atom is 0.325 e. The molecule has 0 aliphatic rings. The molecule has 0 fully saturated rings. The van der Waals surface area contributed by atoms with Gasteiger partial charge in [0.25, 0.3) is 0 Å². The highest BCUT2D eigenvalue weighted by molar-refractivity contribution is 9.10. The third-order valence-electron chi connectivity index (χ3n) is 1.92. The minimum Gasteiger partial charge on any atom is -0.480 e. The molecule has 16 heavy (non-hydrogen) atoms. The predicted octanol–water partition coefficient (Wildman–Crippen LogP) is 2.45. The molecule has 1 aromatic carbocycles. The van der Waals surface area contributed by atoms with Crippen molar-refractivity contribution in [2.45, 2.75) is 6.04 Å².